The lowest BCUT2D eigenvalue weighted by atomic mass is 10.1. The predicted octanol–water partition coefficient (Wildman–Crippen LogP) is 5.08. The third-order valence-corrected chi connectivity index (χ3v) is 5.27. The lowest BCUT2D eigenvalue weighted by Gasteiger charge is -2.18. The first-order valence-electron chi connectivity index (χ1n) is 10.8. The zero-order valence-corrected chi connectivity index (χ0v) is 19.2. The Kier molecular flexibility index (Phi) is 7.81. The highest BCUT2D eigenvalue weighted by Crippen LogP contribution is 2.33. The zero-order valence-electron chi connectivity index (χ0n) is 19.2. The van der Waals surface area contributed by atoms with Gasteiger partial charge in [-0.05, 0) is 62.4 Å². The fraction of sp³-hybridized carbons (Fsp3) is 0.200. The van der Waals surface area contributed by atoms with Gasteiger partial charge in [0.2, 0.25) is 0 Å². The van der Waals surface area contributed by atoms with E-state index < -0.39 is 10.8 Å². The summed E-state index contributed by atoms with van der Waals surface area (Å²) in [5, 5.41) is 17.3. The Morgan fingerprint density at radius 1 is 0.941 bits per heavy atom. The number of methoxy groups -OCH3 is 1. The number of hydrogen-bond donors (Lipinski definition) is 2. The molecule has 3 aromatic carbocycles. The molecule has 2 amide bonds. The van der Waals surface area contributed by atoms with Crippen LogP contribution in [0.2, 0.25) is 0 Å². The molecule has 2 N–H and O–H groups in total. The number of rotatable bonds is 9. The molecule has 0 saturated carbocycles. The van der Waals surface area contributed by atoms with Gasteiger partial charge in [0, 0.05) is 36.0 Å². The lowest BCUT2D eigenvalue weighted by molar-refractivity contribution is -0.383. The largest absolute Gasteiger partial charge is 0.495 e. The van der Waals surface area contributed by atoms with Crippen LogP contribution >= 0.6 is 0 Å². The van der Waals surface area contributed by atoms with Crippen molar-refractivity contribution in [3.63, 3.8) is 0 Å². The van der Waals surface area contributed by atoms with E-state index in [1.165, 1.54) is 25.3 Å². The second kappa shape index (κ2) is 11.0. The van der Waals surface area contributed by atoms with Crippen LogP contribution in [0.4, 0.5) is 22.7 Å². The summed E-state index contributed by atoms with van der Waals surface area (Å²) in [5.41, 5.74) is 1.76. The molecule has 0 heterocycles. The van der Waals surface area contributed by atoms with Gasteiger partial charge in [-0.2, -0.15) is 0 Å². The van der Waals surface area contributed by atoms with Gasteiger partial charge in [0.05, 0.1) is 17.7 Å². The third kappa shape index (κ3) is 5.50. The van der Waals surface area contributed by atoms with Gasteiger partial charge in [0.25, 0.3) is 17.5 Å². The van der Waals surface area contributed by atoms with Crippen molar-refractivity contribution in [2.45, 2.75) is 13.8 Å². The standard InChI is InChI=1S/C25H26N4O5/c1-4-28(5-2)25(31)17-10-13-19(14-11-17)26-24(30)18-12-15-22(29(32)33)21(16-18)27-20-8-6-7-9-23(20)34-3/h6-16,27H,4-5H2,1-3H3,(H,26,30). The van der Waals surface area contributed by atoms with Gasteiger partial charge in [0.15, 0.2) is 0 Å². The number of amides is 2. The van der Waals surface area contributed by atoms with Crippen LogP contribution in [-0.2, 0) is 0 Å². The number of para-hydroxylation sites is 2. The molecule has 9 nitrogen and oxygen atoms in total. The lowest BCUT2D eigenvalue weighted by Crippen LogP contribution is -2.30. The van der Waals surface area contributed by atoms with Crippen LogP contribution in [0.5, 0.6) is 5.75 Å². The smallest absolute Gasteiger partial charge is 0.292 e. The van der Waals surface area contributed by atoms with Crippen LogP contribution in [0.25, 0.3) is 0 Å². The highest BCUT2D eigenvalue weighted by atomic mass is 16.6. The maximum Gasteiger partial charge on any atom is 0.292 e. The molecule has 9 heteroatoms. The van der Waals surface area contributed by atoms with Crippen LogP contribution in [-0.4, -0.2) is 41.8 Å². The second-order valence-electron chi connectivity index (χ2n) is 7.32. The van der Waals surface area contributed by atoms with E-state index in [-0.39, 0.29) is 22.8 Å². The minimum Gasteiger partial charge on any atom is -0.495 e. The monoisotopic (exact) mass is 462 g/mol. The zero-order chi connectivity index (χ0) is 24.7. The van der Waals surface area contributed by atoms with Crippen molar-refractivity contribution in [2.24, 2.45) is 0 Å². The SMILES string of the molecule is CCN(CC)C(=O)c1ccc(NC(=O)c2ccc([N+](=O)[O-])c(Nc3ccccc3OC)c2)cc1. The molecule has 0 radical (unpaired) electrons. The Balaban J connectivity index is 1.82. The molecule has 176 valence electrons. The molecular formula is C25H26N4O5. The number of nitrogens with one attached hydrogen (secondary N) is 2. The quantitative estimate of drug-likeness (QED) is 0.339. The highest BCUT2D eigenvalue weighted by Gasteiger charge is 2.19. The molecule has 0 unspecified atom stereocenters. The summed E-state index contributed by atoms with van der Waals surface area (Å²) < 4.78 is 5.29. The fourth-order valence-corrected chi connectivity index (χ4v) is 3.42. The van der Waals surface area contributed by atoms with Crippen LogP contribution in [0.3, 0.4) is 0 Å². The Labute approximate surface area is 197 Å². The van der Waals surface area contributed by atoms with Crippen molar-refractivity contribution in [1.82, 2.24) is 4.90 Å². The summed E-state index contributed by atoms with van der Waals surface area (Å²) in [6.45, 7) is 5.05. The normalized spacial score (nSPS) is 10.3. The number of ether oxygens (including phenoxy) is 1. The van der Waals surface area contributed by atoms with Gasteiger partial charge in [-0.25, -0.2) is 0 Å². The maximum atomic E-state index is 12.8. The van der Waals surface area contributed by atoms with E-state index in [2.05, 4.69) is 10.6 Å². The Hall–Kier alpha value is -4.40. The van der Waals surface area contributed by atoms with E-state index in [1.807, 2.05) is 13.8 Å². The van der Waals surface area contributed by atoms with Crippen LogP contribution in [0.1, 0.15) is 34.6 Å². The molecule has 3 rings (SSSR count). The van der Waals surface area contributed by atoms with E-state index >= 15 is 0 Å². The number of benzene rings is 3. The van der Waals surface area contributed by atoms with E-state index in [0.29, 0.717) is 35.8 Å². The van der Waals surface area contributed by atoms with Crippen molar-refractivity contribution in [1.29, 1.82) is 0 Å². The summed E-state index contributed by atoms with van der Waals surface area (Å²) >= 11 is 0. The number of nitro benzene ring substituents is 1. The second-order valence-corrected chi connectivity index (χ2v) is 7.32. The number of carbonyl (C=O) groups excluding carboxylic acids is 2. The van der Waals surface area contributed by atoms with Crippen molar-refractivity contribution < 1.29 is 19.2 Å². The number of carbonyl (C=O) groups is 2. The fourth-order valence-electron chi connectivity index (χ4n) is 3.42. The van der Waals surface area contributed by atoms with Gasteiger partial charge < -0.3 is 20.3 Å². The molecule has 0 spiro atoms. The number of nitro groups is 1. The summed E-state index contributed by atoms with van der Waals surface area (Å²) in [5.74, 6) is -0.0166. The average molecular weight is 463 g/mol. The summed E-state index contributed by atoms with van der Waals surface area (Å²) in [6.07, 6.45) is 0. The number of nitrogens with zero attached hydrogens (tertiary/aromatic N) is 2. The summed E-state index contributed by atoms with van der Waals surface area (Å²) in [6, 6.07) is 17.7. The molecule has 0 fully saturated rings. The Morgan fingerprint density at radius 3 is 2.21 bits per heavy atom. The van der Waals surface area contributed by atoms with Gasteiger partial charge in [0.1, 0.15) is 11.4 Å². The molecule has 3 aromatic rings. The number of anilines is 3. The first kappa shape index (κ1) is 24.2. The van der Waals surface area contributed by atoms with E-state index in [4.69, 9.17) is 4.74 Å². The first-order chi connectivity index (χ1) is 16.4. The van der Waals surface area contributed by atoms with Gasteiger partial charge in [-0.1, -0.05) is 12.1 Å². The molecule has 0 aliphatic carbocycles. The summed E-state index contributed by atoms with van der Waals surface area (Å²) in [7, 11) is 1.50. The molecular weight excluding hydrogens is 436 g/mol. The molecule has 0 bridgehead atoms. The molecule has 0 aliphatic heterocycles. The predicted molar refractivity (Wildman–Crippen MR) is 131 cm³/mol. The van der Waals surface area contributed by atoms with Crippen molar-refractivity contribution >= 4 is 34.6 Å². The van der Waals surface area contributed by atoms with Crippen molar-refractivity contribution in [3.8, 4) is 5.75 Å². The van der Waals surface area contributed by atoms with Gasteiger partial charge in [-0.15, -0.1) is 0 Å². The molecule has 0 saturated heterocycles. The average Bonchev–Trinajstić information content (AvgIpc) is 2.85. The Bertz CT molecular complexity index is 1190. The molecule has 0 atom stereocenters. The van der Waals surface area contributed by atoms with Crippen molar-refractivity contribution in [3.05, 3.63) is 88.0 Å². The Morgan fingerprint density at radius 2 is 1.59 bits per heavy atom. The topological polar surface area (TPSA) is 114 Å². The number of hydrogen-bond acceptors (Lipinski definition) is 6. The highest BCUT2D eigenvalue weighted by molar-refractivity contribution is 6.05. The third-order valence-electron chi connectivity index (χ3n) is 5.27. The molecule has 0 aromatic heterocycles. The van der Waals surface area contributed by atoms with E-state index in [9.17, 15) is 19.7 Å². The van der Waals surface area contributed by atoms with E-state index in [1.54, 1.807) is 53.4 Å². The van der Waals surface area contributed by atoms with Gasteiger partial charge >= 0.3 is 0 Å². The maximum absolute atomic E-state index is 12.8. The first-order valence-corrected chi connectivity index (χ1v) is 10.8. The molecule has 34 heavy (non-hydrogen) atoms. The van der Waals surface area contributed by atoms with Gasteiger partial charge in [-0.3, -0.25) is 19.7 Å². The van der Waals surface area contributed by atoms with Crippen LogP contribution in [0.15, 0.2) is 66.7 Å². The summed E-state index contributed by atoms with van der Waals surface area (Å²) in [4.78, 5) is 38.0. The van der Waals surface area contributed by atoms with Crippen LogP contribution in [0, 0.1) is 10.1 Å². The van der Waals surface area contributed by atoms with Crippen LogP contribution < -0.4 is 15.4 Å². The van der Waals surface area contributed by atoms with E-state index in [0.717, 1.165) is 0 Å². The minimum atomic E-state index is -0.523. The minimum absolute atomic E-state index is 0.0784. The molecule has 0 aliphatic rings. The van der Waals surface area contributed by atoms with Crippen molar-refractivity contribution in [2.75, 3.05) is 30.8 Å².